The molecule has 1 unspecified atom stereocenters. The molecule has 0 aromatic carbocycles. The summed E-state index contributed by atoms with van der Waals surface area (Å²) in [5.74, 6) is 0. The fourth-order valence-electron chi connectivity index (χ4n) is 1.30. The van der Waals surface area contributed by atoms with Crippen molar-refractivity contribution in [3.05, 3.63) is 22.8 Å². The zero-order valence-electron chi connectivity index (χ0n) is 8.84. The largest absolute Gasteiger partial charge is 0.322 e. The van der Waals surface area contributed by atoms with Crippen LogP contribution in [-0.2, 0) is 6.54 Å². The van der Waals surface area contributed by atoms with E-state index >= 15 is 0 Å². The number of nitrogens with two attached hydrogens (primary N) is 1. The highest BCUT2D eigenvalue weighted by Gasteiger charge is 2.08. The molecule has 2 N–H and O–H groups in total. The SMILES string of the molecule is CCn1cc(-c2csc(C(C)N)n2)cn1. The Hall–Kier alpha value is -1.20. The highest BCUT2D eigenvalue weighted by molar-refractivity contribution is 7.10. The average molecular weight is 222 g/mol. The van der Waals surface area contributed by atoms with E-state index in [1.54, 1.807) is 11.3 Å². The molecule has 4 nitrogen and oxygen atoms in total. The number of aromatic nitrogens is 3. The van der Waals surface area contributed by atoms with Crippen molar-refractivity contribution in [2.45, 2.75) is 26.4 Å². The molecule has 0 aliphatic heterocycles. The summed E-state index contributed by atoms with van der Waals surface area (Å²) in [5.41, 5.74) is 7.78. The van der Waals surface area contributed by atoms with Gasteiger partial charge < -0.3 is 5.73 Å². The summed E-state index contributed by atoms with van der Waals surface area (Å²) < 4.78 is 1.89. The van der Waals surface area contributed by atoms with Crippen LogP contribution in [0.1, 0.15) is 24.9 Å². The van der Waals surface area contributed by atoms with Crippen LogP contribution in [0.25, 0.3) is 11.3 Å². The second-order valence-electron chi connectivity index (χ2n) is 3.44. The standard InChI is InChI=1S/C10H14N4S/c1-3-14-5-8(4-12-14)9-6-15-10(13-9)7(2)11/h4-7H,3,11H2,1-2H3. The van der Waals surface area contributed by atoms with Gasteiger partial charge in [0.1, 0.15) is 5.01 Å². The molecule has 2 heterocycles. The molecule has 0 amide bonds. The highest BCUT2D eigenvalue weighted by atomic mass is 32.1. The minimum Gasteiger partial charge on any atom is -0.322 e. The molecular weight excluding hydrogens is 208 g/mol. The van der Waals surface area contributed by atoms with Crippen molar-refractivity contribution in [2.24, 2.45) is 5.73 Å². The molecule has 2 aromatic heterocycles. The van der Waals surface area contributed by atoms with Gasteiger partial charge in [0.15, 0.2) is 0 Å². The summed E-state index contributed by atoms with van der Waals surface area (Å²) in [6.45, 7) is 4.88. The Morgan fingerprint density at radius 1 is 1.60 bits per heavy atom. The van der Waals surface area contributed by atoms with Gasteiger partial charge >= 0.3 is 0 Å². The van der Waals surface area contributed by atoms with Gasteiger partial charge in [-0.1, -0.05) is 0 Å². The summed E-state index contributed by atoms with van der Waals surface area (Å²) >= 11 is 1.60. The predicted octanol–water partition coefficient (Wildman–Crippen LogP) is 2.05. The van der Waals surface area contributed by atoms with Crippen LogP contribution in [0.4, 0.5) is 0 Å². The van der Waals surface area contributed by atoms with Crippen LogP contribution in [0.3, 0.4) is 0 Å². The molecule has 0 fully saturated rings. The molecule has 2 rings (SSSR count). The first kappa shape index (κ1) is 10.3. The first-order chi connectivity index (χ1) is 7.20. The van der Waals surface area contributed by atoms with E-state index < -0.39 is 0 Å². The summed E-state index contributed by atoms with van der Waals surface area (Å²) in [5, 5.41) is 7.21. The van der Waals surface area contributed by atoms with E-state index in [2.05, 4.69) is 17.0 Å². The summed E-state index contributed by atoms with van der Waals surface area (Å²) in [6, 6.07) is 0.00460. The van der Waals surface area contributed by atoms with E-state index in [0.29, 0.717) is 0 Å². The summed E-state index contributed by atoms with van der Waals surface area (Å²) in [4.78, 5) is 4.47. The Kier molecular flexibility index (Phi) is 2.83. The molecule has 0 spiro atoms. The third-order valence-corrected chi connectivity index (χ3v) is 3.21. The quantitative estimate of drug-likeness (QED) is 0.864. The molecule has 2 aromatic rings. The predicted molar refractivity (Wildman–Crippen MR) is 61.6 cm³/mol. The Balaban J connectivity index is 2.28. The lowest BCUT2D eigenvalue weighted by Crippen LogP contribution is -2.03. The Bertz CT molecular complexity index is 444. The molecule has 1 atom stereocenters. The van der Waals surface area contributed by atoms with Gasteiger partial charge in [-0.15, -0.1) is 11.3 Å². The molecule has 0 aliphatic carbocycles. The summed E-state index contributed by atoms with van der Waals surface area (Å²) in [6.07, 6.45) is 3.84. The van der Waals surface area contributed by atoms with Crippen molar-refractivity contribution in [2.75, 3.05) is 0 Å². The smallest absolute Gasteiger partial charge is 0.110 e. The van der Waals surface area contributed by atoms with Crippen molar-refractivity contribution in [1.82, 2.24) is 14.8 Å². The molecule has 0 radical (unpaired) electrons. The van der Waals surface area contributed by atoms with Crippen molar-refractivity contribution in [3.63, 3.8) is 0 Å². The minimum absolute atomic E-state index is 0.00460. The fraction of sp³-hybridized carbons (Fsp3) is 0.400. The molecular formula is C10H14N4S. The Labute approximate surface area is 92.8 Å². The number of hydrogen-bond donors (Lipinski definition) is 1. The Morgan fingerprint density at radius 2 is 2.40 bits per heavy atom. The lowest BCUT2D eigenvalue weighted by atomic mass is 10.3. The van der Waals surface area contributed by atoms with Crippen LogP contribution in [0.2, 0.25) is 0 Å². The molecule has 0 saturated heterocycles. The lowest BCUT2D eigenvalue weighted by molar-refractivity contribution is 0.660. The molecule has 5 heteroatoms. The van der Waals surface area contributed by atoms with E-state index in [1.807, 2.05) is 29.4 Å². The molecule has 0 saturated carbocycles. The topological polar surface area (TPSA) is 56.7 Å². The van der Waals surface area contributed by atoms with Gasteiger partial charge in [-0.2, -0.15) is 5.10 Å². The highest BCUT2D eigenvalue weighted by Crippen LogP contribution is 2.23. The number of nitrogens with zero attached hydrogens (tertiary/aromatic N) is 3. The Morgan fingerprint density at radius 3 is 2.93 bits per heavy atom. The van der Waals surface area contributed by atoms with E-state index in [1.165, 1.54) is 0 Å². The van der Waals surface area contributed by atoms with E-state index in [4.69, 9.17) is 5.73 Å². The van der Waals surface area contributed by atoms with Crippen molar-refractivity contribution < 1.29 is 0 Å². The van der Waals surface area contributed by atoms with Gasteiger partial charge in [-0.05, 0) is 13.8 Å². The zero-order valence-corrected chi connectivity index (χ0v) is 9.66. The third-order valence-electron chi connectivity index (χ3n) is 2.16. The first-order valence-corrected chi connectivity index (χ1v) is 5.82. The molecule has 80 valence electrons. The van der Waals surface area contributed by atoms with Gasteiger partial charge in [0.05, 0.1) is 17.9 Å². The monoisotopic (exact) mass is 222 g/mol. The van der Waals surface area contributed by atoms with Crippen LogP contribution < -0.4 is 5.73 Å². The van der Waals surface area contributed by atoms with Crippen LogP contribution >= 0.6 is 11.3 Å². The van der Waals surface area contributed by atoms with Crippen LogP contribution in [0.15, 0.2) is 17.8 Å². The molecule has 0 bridgehead atoms. The number of hydrogen-bond acceptors (Lipinski definition) is 4. The van der Waals surface area contributed by atoms with Crippen molar-refractivity contribution in [1.29, 1.82) is 0 Å². The normalized spacial score (nSPS) is 13.0. The maximum Gasteiger partial charge on any atom is 0.110 e. The van der Waals surface area contributed by atoms with E-state index in [0.717, 1.165) is 22.8 Å². The number of thiazole rings is 1. The van der Waals surface area contributed by atoms with Crippen molar-refractivity contribution in [3.8, 4) is 11.3 Å². The van der Waals surface area contributed by atoms with Crippen LogP contribution in [0, 0.1) is 0 Å². The maximum atomic E-state index is 5.76. The summed E-state index contributed by atoms with van der Waals surface area (Å²) in [7, 11) is 0. The number of aryl methyl sites for hydroxylation is 1. The first-order valence-electron chi connectivity index (χ1n) is 4.94. The van der Waals surface area contributed by atoms with Gasteiger partial charge in [-0.3, -0.25) is 4.68 Å². The minimum atomic E-state index is 0.00460. The van der Waals surface area contributed by atoms with Gasteiger partial charge in [0, 0.05) is 23.7 Å². The molecule has 0 aliphatic rings. The average Bonchev–Trinajstić information content (AvgIpc) is 2.86. The zero-order chi connectivity index (χ0) is 10.8. The van der Waals surface area contributed by atoms with Gasteiger partial charge in [-0.25, -0.2) is 4.98 Å². The van der Waals surface area contributed by atoms with Crippen LogP contribution in [0.5, 0.6) is 0 Å². The van der Waals surface area contributed by atoms with E-state index in [-0.39, 0.29) is 6.04 Å². The van der Waals surface area contributed by atoms with Gasteiger partial charge in [0.2, 0.25) is 0 Å². The second kappa shape index (κ2) is 4.12. The van der Waals surface area contributed by atoms with Gasteiger partial charge in [0.25, 0.3) is 0 Å². The van der Waals surface area contributed by atoms with E-state index in [9.17, 15) is 0 Å². The van der Waals surface area contributed by atoms with Crippen molar-refractivity contribution >= 4 is 11.3 Å². The van der Waals surface area contributed by atoms with Crippen LogP contribution in [-0.4, -0.2) is 14.8 Å². The lowest BCUT2D eigenvalue weighted by Gasteiger charge is -1.96. The number of rotatable bonds is 3. The maximum absolute atomic E-state index is 5.76. The second-order valence-corrected chi connectivity index (χ2v) is 4.33. The third kappa shape index (κ3) is 2.08. The molecule has 15 heavy (non-hydrogen) atoms. The fourth-order valence-corrected chi connectivity index (χ4v) is 2.08.